The number of para-hydroxylation sites is 1. The van der Waals surface area contributed by atoms with Crippen molar-refractivity contribution in [2.45, 2.75) is 13.3 Å². The molecule has 0 unspecified atom stereocenters. The van der Waals surface area contributed by atoms with E-state index in [0.717, 1.165) is 13.0 Å². The van der Waals surface area contributed by atoms with Crippen molar-refractivity contribution in [2.75, 3.05) is 32.8 Å². The molecule has 2 N–H and O–H groups in total. The lowest BCUT2D eigenvalue weighted by molar-refractivity contribution is 0.0766. The highest BCUT2D eigenvalue weighted by atomic mass is 16.6. The molecule has 0 aromatic heterocycles. The predicted octanol–water partition coefficient (Wildman–Crippen LogP) is 1.27. The van der Waals surface area contributed by atoms with Crippen LogP contribution in [-0.4, -0.2) is 43.7 Å². The number of carbonyl (C=O) groups is 1. The first kappa shape index (κ1) is 13.2. The summed E-state index contributed by atoms with van der Waals surface area (Å²) in [6.07, 6.45) is 0.946. The summed E-state index contributed by atoms with van der Waals surface area (Å²) in [5.41, 5.74) is 6.41. The van der Waals surface area contributed by atoms with Gasteiger partial charge < -0.3 is 20.1 Å². The van der Waals surface area contributed by atoms with Gasteiger partial charge in [-0.25, -0.2) is 0 Å². The number of benzene rings is 1. The van der Waals surface area contributed by atoms with E-state index in [1.807, 2.05) is 17.0 Å². The van der Waals surface area contributed by atoms with Gasteiger partial charge in [0, 0.05) is 13.1 Å². The van der Waals surface area contributed by atoms with Crippen molar-refractivity contribution < 1.29 is 14.3 Å². The summed E-state index contributed by atoms with van der Waals surface area (Å²) in [4.78, 5) is 14.5. The SMILES string of the molecule is C[C@@]1(CN)CCN(C(=O)c2cccc3c2OCCO3)C1. The molecule has 0 aliphatic carbocycles. The number of carbonyl (C=O) groups excluding carboxylic acids is 1. The van der Waals surface area contributed by atoms with E-state index in [0.29, 0.717) is 43.4 Å². The molecule has 2 heterocycles. The molecular weight excluding hydrogens is 256 g/mol. The highest BCUT2D eigenvalue weighted by Gasteiger charge is 2.36. The number of nitrogens with two attached hydrogens (primary N) is 1. The van der Waals surface area contributed by atoms with Crippen LogP contribution in [0, 0.1) is 5.41 Å². The largest absolute Gasteiger partial charge is 0.486 e. The number of amides is 1. The van der Waals surface area contributed by atoms with Crippen LogP contribution in [0.15, 0.2) is 18.2 Å². The fourth-order valence-corrected chi connectivity index (χ4v) is 2.78. The second kappa shape index (κ2) is 4.98. The van der Waals surface area contributed by atoms with Crippen LogP contribution in [0.1, 0.15) is 23.7 Å². The quantitative estimate of drug-likeness (QED) is 0.883. The van der Waals surface area contributed by atoms with Gasteiger partial charge in [-0.3, -0.25) is 4.79 Å². The lowest BCUT2D eigenvalue weighted by Crippen LogP contribution is -2.35. The first-order chi connectivity index (χ1) is 9.63. The predicted molar refractivity (Wildman–Crippen MR) is 75.1 cm³/mol. The Morgan fingerprint density at radius 1 is 1.40 bits per heavy atom. The van der Waals surface area contributed by atoms with Crippen LogP contribution >= 0.6 is 0 Å². The Bertz CT molecular complexity index is 532. The zero-order chi connectivity index (χ0) is 14.2. The number of hydrogen-bond donors (Lipinski definition) is 1. The fourth-order valence-electron chi connectivity index (χ4n) is 2.78. The minimum Gasteiger partial charge on any atom is -0.486 e. The van der Waals surface area contributed by atoms with Crippen LogP contribution in [0.3, 0.4) is 0 Å². The Morgan fingerprint density at radius 2 is 2.20 bits per heavy atom. The van der Waals surface area contributed by atoms with E-state index in [1.165, 1.54) is 0 Å². The molecule has 108 valence electrons. The third-order valence-corrected chi connectivity index (χ3v) is 4.13. The van der Waals surface area contributed by atoms with Crippen molar-refractivity contribution in [1.82, 2.24) is 4.90 Å². The first-order valence-electron chi connectivity index (χ1n) is 7.01. The van der Waals surface area contributed by atoms with E-state index in [4.69, 9.17) is 15.2 Å². The molecule has 3 rings (SSSR count). The van der Waals surface area contributed by atoms with Crippen molar-refractivity contribution in [3.63, 3.8) is 0 Å². The molecule has 1 saturated heterocycles. The molecule has 0 radical (unpaired) electrons. The summed E-state index contributed by atoms with van der Waals surface area (Å²) in [6, 6.07) is 5.46. The summed E-state index contributed by atoms with van der Waals surface area (Å²) < 4.78 is 11.1. The average molecular weight is 276 g/mol. The van der Waals surface area contributed by atoms with Gasteiger partial charge in [-0.15, -0.1) is 0 Å². The Balaban J connectivity index is 1.85. The van der Waals surface area contributed by atoms with Gasteiger partial charge in [0.05, 0.1) is 5.56 Å². The third kappa shape index (κ3) is 2.22. The van der Waals surface area contributed by atoms with Gasteiger partial charge in [-0.05, 0) is 30.5 Å². The summed E-state index contributed by atoms with van der Waals surface area (Å²) in [6.45, 7) is 5.19. The smallest absolute Gasteiger partial charge is 0.257 e. The Labute approximate surface area is 118 Å². The van der Waals surface area contributed by atoms with Crippen molar-refractivity contribution in [3.8, 4) is 11.5 Å². The van der Waals surface area contributed by atoms with E-state index < -0.39 is 0 Å². The summed E-state index contributed by atoms with van der Waals surface area (Å²) >= 11 is 0. The van der Waals surface area contributed by atoms with E-state index in [2.05, 4.69) is 6.92 Å². The fraction of sp³-hybridized carbons (Fsp3) is 0.533. The van der Waals surface area contributed by atoms with Crippen LogP contribution in [0.25, 0.3) is 0 Å². The van der Waals surface area contributed by atoms with E-state index in [9.17, 15) is 4.79 Å². The molecule has 0 spiro atoms. The minimum absolute atomic E-state index is 0.00419. The van der Waals surface area contributed by atoms with Crippen LogP contribution in [0.2, 0.25) is 0 Å². The first-order valence-corrected chi connectivity index (χ1v) is 7.01. The van der Waals surface area contributed by atoms with Gasteiger partial charge >= 0.3 is 0 Å². The highest BCUT2D eigenvalue weighted by molar-refractivity contribution is 5.98. The van der Waals surface area contributed by atoms with E-state index >= 15 is 0 Å². The molecule has 1 aromatic carbocycles. The Hall–Kier alpha value is -1.75. The number of rotatable bonds is 2. The molecule has 1 amide bonds. The topological polar surface area (TPSA) is 64.8 Å². The third-order valence-electron chi connectivity index (χ3n) is 4.13. The van der Waals surface area contributed by atoms with E-state index in [1.54, 1.807) is 6.07 Å². The van der Waals surface area contributed by atoms with Crippen LogP contribution in [0.4, 0.5) is 0 Å². The molecule has 2 aliphatic rings. The monoisotopic (exact) mass is 276 g/mol. The Morgan fingerprint density at radius 3 is 2.95 bits per heavy atom. The summed E-state index contributed by atoms with van der Waals surface area (Å²) in [7, 11) is 0. The molecule has 2 aliphatic heterocycles. The normalized spacial score (nSPS) is 24.8. The summed E-state index contributed by atoms with van der Waals surface area (Å²) in [5, 5.41) is 0. The lowest BCUT2D eigenvalue weighted by atomic mass is 9.90. The number of likely N-dealkylation sites (tertiary alicyclic amines) is 1. The van der Waals surface area contributed by atoms with Gasteiger partial charge in [-0.2, -0.15) is 0 Å². The molecular formula is C15H20N2O3. The molecule has 5 heteroatoms. The number of fused-ring (bicyclic) bond motifs is 1. The highest BCUT2D eigenvalue weighted by Crippen LogP contribution is 2.36. The number of ether oxygens (including phenoxy) is 2. The lowest BCUT2D eigenvalue weighted by Gasteiger charge is -2.25. The maximum absolute atomic E-state index is 12.7. The number of hydrogen-bond acceptors (Lipinski definition) is 4. The molecule has 0 bridgehead atoms. The standard InChI is InChI=1S/C15H20N2O3/c1-15(9-16)5-6-17(10-15)14(18)11-3-2-4-12-13(11)20-8-7-19-12/h2-4H,5-10,16H2,1H3/t15-/m0/s1. The molecule has 0 saturated carbocycles. The van der Waals surface area contributed by atoms with Crippen molar-refractivity contribution >= 4 is 5.91 Å². The van der Waals surface area contributed by atoms with Gasteiger partial charge in [0.2, 0.25) is 0 Å². The average Bonchev–Trinajstić information content (AvgIpc) is 2.89. The molecule has 1 atom stereocenters. The van der Waals surface area contributed by atoms with Gasteiger partial charge in [0.1, 0.15) is 13.2 Å². The maximum atomic E-state index is 12.7. The molecule has 5 nitrogen and oxygen atoms in total. The second-order valence-electron chi connectivity index (χ2n) is 5.82. The van der Waals surface area contributed by atoms with E-state index in [-0.39, 0.29) is 11.3 Å². The van der Waals surface area contributed by atoms with Gasteiger partial charge in [0.15, 0.2) is 11.5 Å². The Kier molecular flexibility index (Phi) is 3.30. The van der Waals surface area contributed by atoms with Crippen molar-refractivity contribution in [3.05, 3.63) is 23.8 Å². The molecule has 1 aromatic rings. The van der Waals surface area contributed by atoms with Crippen molar-refractivity contribution in [2.24, 2.45) is 11.1 Å². The van der Waals surface area contributed by atoms with Gasteiger partial charge in [-0.1, -0.05) is 13.0 Å². The second-order valence-corrected chi connectivity index (χ2v) is 5.82. The molecule has 1 fully saturated rings. The molecule has 20 heavy (non-hydrogen) atoms. The summed E-state index contributed by atoms with van der Waals surface area (Å²) in [5.74, 6) is 1.23. The van der Waals surface area contributed by atoms with Crippen LogP contribution < -0.4 is 15.2 Å². The van der Waals surface area contributed by atoms with Crippen LogP contribution in [0.5, 0.6) is 11.5 Å². The zero-order valence-electron chi connectivity index (χ0n) is 11.7. The van der Waals surface area contributed by atoms with Crippen LogP contribution in [-0.2, 0) is 0 Å². The minimum atomic E-state index is 0.00419. The number of nitrogens with zero attached hydrogens (tertiary/aromatic N) is 1. The zero-order valence-corrected chi connectivity index (χ0v) is 11.7. The van der Waals surface area contributed by atoms with Crippen molar-refractivity contribution in [1.29, 1.82) is 0 Å². The maximum Gasteiger partial charge on any atom is 0.257 e. The van der Waals surface area contributed by atoms with Gasteiger partial charge in [0.25, 0.3) is 5.91 Å².